The van der Waals surface area contributed by atoms with E-state index >= 15 is 0 Å². The van der Waals surface area contributed by atoms with E-state index in [2.05, 4.69) is 28.0 Å². The van der Waals surface area contributed by atoms with E-state index in [4.69, 9.17) is 12.2 Å². The number of alkyl halides is 3. The number of allylic oxidation sites excluding steroid dienone is 1. The second-order valence-electron chi connectivity index (χ2n) is 5.85. The molecule has 3 atom stereocenters. The van der Waals surface area contributed by atoms with Crippen LogP contribution in [-0.2, 0) is 6.18 Å². The summed E-state index contributed by atoms with van der Waals surface area (Å²) in [5.41, 5.74) is 2.59. The van der Waals surface area contributed by atoms with E-state index in [9.17, 15) is 13.2 Å². The predicted molar refractivity (Wildman–Crippen MR) is 87.0 cm³/mol. The lowest BCUT2D eigenvalue weighted by molar-refractivity contribution is -0.137. The molecule has 2 bridgehead atoms. The van der Waals surface area contributed by atoms with Gasteiger partial charge in [-0.05, 0) is 54.6 Å². The minimum absolute atomic E-state index is 0.339. The molecule has 23 heavy (non-hydrogen) atoms. The number of hydrazone groups is 1. The van der Waals surface area contributed by atoms with Gasteiger partial charge >= 0.3 is 6.18 Å². The molecular weight excluding hydrogens is 323 g/mol. The van der Waals surface area contributed by atoms with Crippen LogP contribution in [0.25, 0.3) is 0 Å². The second kappa shape index (κ2) is 6.31. The minimum Gasteiger partial charge on any atom is -0.358 e. The lowest BCUT2D eigenvalue weighted by Gasteiger charge is -2.20. The standard InChI is InChI=1S/C16H16F3N3S/c17-16(18,19)13-5-2-10(3-6-13)9-20-22-15(23)21-14-8-11-1-4-12(14)7-11/h1-6,9,11-12,14H,7-8H2,(H2,21,22,23). The van der Waals surface area contributed by atoms with E-state index in [-0.39, 0.29) is 0 Å². The van der Waals surface area contributed by atoms with Crippen LogP contribution in [0.1, 0.15) is 24.0 Å². The number of benzene rings is 1. The maximum atomic E-state index is 12.5. The van der Waals surface area contributed by atoms with Crippen LogP contribution >= 0.6 is 12.2 Å². The highest BCUT2D eigenvalue weighted by Crippen LogP contribution is 2.38. The lowest BCUT2D eigenvalue weighted by atomic mass is 10.0. The summed E-state index contributed by atoms with van der Waals surface area (Å²) < 4.78 is 37.4. The van der Waals surface area contributed by atoms with Crippen molar-refractivity contribution in [3.8, 4) is 0 Å². The molecule has 3 nitrogen and oxygen atoms in total. The van der Waals surface area contributed by atoms with Crippen LogP contribution in [0.3, 0.4) is 0 Å². The summed E-state index contributed by atoms with van der Waals surface area (Å²) in [5.74, 6) is 1.18. The first-order valence-corrected chi connectivity index (χ1v) is 7.78. The molecule has 1 saturated carbocycles. The highest BCUT2D eigenvalue weighted by Gasteiger charge is 2.35. The zero-order valence-corrected chi connectivity index (χ0v) is 13.0. The Morgan fingerprint density at radius 2 is 1.91 bits per heavy atom. The largest absolute Gasteiger partial charge is 0.416 e. The molecule has 7 heteroatoms. The fourth-order valence-electron chi connectivity index (χ4n) is 3.07. The van der Waals surface area contributed by atoms with Crippen molar-refractivity contribution < 1.29 is 13.2 Å². The molecule has 0 aliphatic heterocycles. The number of hydrogen-bond donors (Lipinski definition) is 2. The van der Waals surface area contributed by atoms with Crippen LogP contribution in [-0.4, -0.2) is 17.4 Å². The average molecular weight is 339 g/mol. The monoisotopic (exact) mass is 339 g/mol. The van der Waals surface area contributed by atoms with Crippen molar-refractivity contribution in [2.24, 2.45) is 16.9 Å². The lowest BCUT2D eigenvalue weighted by Crippen LogP contribution is -2.42. The molecule has 0 aromatic heterocycles. The summed E-state index contributed by atoms with van der Waals surface area (Å²) in [4.78, 5) is 0. The van der Waals surface area contributed by atoms with E-state index in [0.717, 1.165) is 18.6 Å². The van der Waals surface area contributed by atoms with Crippen molar-refractivity contribution in [3.63, 3.8) is 0 Å². The molecule has 2 N–H and O–H groups in total. The molecule has 3 rings (SSSR count). The first kappa shape index (κ1) is 16.0. The Balaban J connectivity index is 1.48. The number of hydrogen-bond acceptors (Lipinski definition) is 2. The number of rotatable bonds is 3. The molecule has 122 valence electrons. The summed E-state index contributed by atoms with van der Waals surface area (Å²) in [5, 5.41) is 7.62. The van der Waals surface area contributed by atoms with Gasteiger partial charge in [-0.25, -0.2) is 0 Å². The van der Waals surface area contributed by atoms with Crippen molar-refractivity contribution in [1.82, 2.24) is 10.7 Å². The van der Waals surface area contributed by atoms with Gasteiger partial charge in [-0.3, -0.25) is 5.43 Å². The third kappa shape index (κ3) is 3.90. The normalized spacial score (nSPS) is 26.0. The van der Waals surface area contributed by atoms with Crippen molar-refractivity contribution in [3.05, 3.63) is 47.5 Å². The Morgan fingerprint density at radius 3 is 2.48 bits per heavy atom. The van der Waals surface area contributed by atoms with Gasteiger partial charge in [0.25, 0.3) is 0 Å². The quantitative estimate of drug-likeness (QED) is 0.383. The van der Waals surface area contributed by atoms with E-state index < -0.39 is 11.7 Å². The number of nitrogens with zero attached hydrogens (tertiary/aromatic N) is 1. The third-order valence-corrected chi connectivity index (χ3v) is 4.42. The van der Waals surface area contributed by atoms with E-state index in [1.807, 2.05) is 0 Å². The summed E-state index contributed by atoms with van der Waals surface area (Å²) in [6.07, 6.45) is 3.84. The van der Waals surface area contributed by atoms with Gasteiger partial charge in [0.1, 0.15) is 0 Å². The molecule has 2 aliphatic carbocycles. The Morgan fingerprint density at radius 1 is 1.17 bits per heavy atom. The Labute approximate surface area is 137 Å². The van der Waals surface area contributed by atoms with Crippen LogP contribution in [0.5, 0.6) is 0 Å². The van der Waals surface area contributed by atoms with Crippen LogP contribution in [0.4, 0.5) is 13.2 Å². The Kier molecular flexibility index (Phi) is 4.39. The van der Waals surface area contributed by atoms with Crippen LogP contribution < -0.4 is 10.7 Å². The first-order valence-electron chi connectivity index (χ1n) is 7.37. The van der Waals surface area contributed by atoms with Crippen LogP contribution in [0.15, 0.2) is 41.5 Å². The van der Waals surface area contributed by atoms with Crippen molar-refractivity contribution in [2.45, 2.75) is 25.1 Å². The van der Waals surface area contributed by atoms with Gasteiger partial charge in [0.05, 0.1) is 11.8 Å². The van der Waals surface area contributed by atoms with E-state index in [1.54, 1.807) is 0 Å². The fraction of sp³-hybridized carbons (Fsp3) is 0.375. The zero-order chi connectivity index (χ0) is 16.4. The number of fused-ring (bicyclic) bond motifs is 2. The van der Waals surface area contributed by atoms with E-state index in [1.165, 1.54) is 24.8 Å². The predicted octanol–water partition coefficient (Wildman–Crippen LogP) is 3.47. The number of halogens is 3. The SMILES string of the molecule is FC(F)(F)c1ccc(C=NNC(=S)NC2CC3C=CC2C3)cc1. The van der Waals surface area contributed by atoms with Gasteiger partial charge in [0, 0.05) is 6.04 Å². The molecule has 0 radical (unpaired) electrons. The highest BCUT2D eigenvalue weighted by molar-refractivity contribution is 7.80. The fourth-order valence-corrected chi connectivity index (χ4v) is 3.28. The molecule has 2 aliphatic rings. The summed E-state index contributed by atoms with van der Waals surface area (Å²) in [6, 6.07) is 5.13. The second-order valence-corrected chi connectivity index (χ2v) is 6.26. The van der Waals surface area contributed by atoms with Crippen molar-refractivity contribution in [2.75, 3.05) is 0 Å². The summed E-state index contributed by atoms with van der Waals surface area (Å²) in [6.45, 7) is 0. The maximum Gasteiger partial charge on any atom is 0.416 e. The van der Waals surface area contributed by atoms with Gasteiger partial charge in [-0.15, -0.1) is 0 Å². The topological polar surface area (TPSA) is 36.4 Å². The smallest absolute Gasteiger partial charge is 0.358 e. The maximum absolute atomic E-state index is 12.5. The Bertz CT molecular complexity index is 637. The molecule has 0 spiro atoms. The molecular formula is C16H16F3N3S. The molecule has 0 amide bonds. The van der Waals surface area contributed by atoms with Crippen LogP contribution in [0, 0.1) is 11.8 Å². The molecule has 1 aromatic carbocycles. The molecule has 1 aromatic rings. The first-order chi connectivity index (χ1) is 10.9. The molecule has 0 heterocycles. The summed E-state index contributed by atoms with van der Waals surface area (Å²) in [7, 11) is 0. The third-order valence-electron chi connectivity index (χ3n) is 4.21. The zero-order valence-electron chi connectivity index (χ0n) is 12.2. The van der Waals surface area contributed by atoms with E-state index in [0.29, 0.717) is 28.6 Å². The molecule has 3 unspecified atom stereocenters. The average Bonchev–Trinajstić information content (AvgIpc) is 3.09. The van der Waals surface area contributed by atoms with Gasteiger partial charge in [-0.1, -0.05) is 24.3 Å². The van der Waals surface area contributed by atoms with Gasteiger partial charge in [0.2, 0.25) is 0 Å². The Hall–Kier alpha value is -1.89. The molecule has 0 saturated heterocycles. The number of nitrogens with one attached hydrogen (secondary N) is 2. The van der Waals surface area contributed by atoms with Gasteiger partial charge < -0.3 is 5.32 Å². The van der Waals surface area contributed by atoms with Crippen LogP contribution in [0.2, 0.25) is 0 Å². The van der Waals surface area contributed by atoms with Crippen molar-refractivity contribution >= 4 is 23.5 Å². The van der Waals surface area contributed by atoms with Gasteiger partial charge in [0.15, 0.2) is 5.11 Å². The summed E-state index contributed by atoms with van der Waals surface area (Å²) >= 11 is 5.18. The van der Waals surface area contributed by atoms with Gasteiger partial charge in [-0.2, -0.15) is 18.3 Å². The highest BCUT2D eigenvalue weighted by atomic mass is 32.1. The van der Waals surface area contributed by atoms with Crippen molar-refractivity contribution in [1.29, 1.82) is 0 Å². The number of thiocarbonyl (C=S) groups is 1. The molecule has 1 fully saturated rings. The minimum atomic E-state index is -4.32.